The third-order valence-corrected chi connectivity index (χ3v) is 2.95. The van der Waals surface area contributed by atoms with Crippen LogP contribution in [0.4, 0.5) is 11.4 Å². The van der Waals surface area contributed by atoms with Gasteiger partial charge in [-0.15, -0.1) is 5.23 Å². The molecular weight excluding hydrogens is 244 g/mol. The lowest BCUT2D eigenvalue weighted by Crippen LogP contribution is -2.16. The van der Waals surface area contributed by atoms with Crippen LogP contribution in [0.25, 0.3) is 0 Å². The molecule has 0 radical (unpaired) electrons. The largest absolute Gasteiger partial charge is 0.769 e. The van der Waals surface area contributed by atoms with Gasteiger partial charge in [-0.05, 0) is 12.1 Å². The maximum Gasteiger partial charge on any atom is 0.108 e. The zero-order valence-electron chi connectivity index (χ0n) is 9.15. The van der Waals surface area contributed by atoms with Crippen LogP contribution >= 0.6 is 0 Å². The van der Waals surface area contributed by atoms with Crippen LogP contribution in [0.1, 0.15) is 23.3 Å². The van der Waals surface area contributed by atoms with Crippen LogP contribution in [-0.2, 0) is 9.47 Å². The summed E-state index contributed by atoms with van der Waals surface area (Å²) in [7, 11) is 0. The second kappa shape index (κ2) is 4.05. The second-order valence-electron chi connectivity index (χ2n) is 4.16. The van der Waals surface area contributed by atoms with Crippen molar-refractivity contribution < 1.29 is 19.9 Å². The molecule has 8 heteroatoms. The van der Waals surface area contributed by atoms with Gasteiger partial charge in [0.2, 0.25) is 0 Å². The lowest BCUT2D eigenvalue weighted by Gasteiger charge is -2.39. The molecule has 0 spiro atoms. The van der Waals surface area contributed by atoms with Gasteiger partial charge in [0, 0.05) is 16.8 Å². The number of anilines is 2. The molecule has 18 heavy (non-hydrogen) atoms. The number of nitrogens with zero attached hydrogens (tertiary/aromatic N) is 2. The van der Waals surface area contributed by atoms with E-state index in [1.807, 2.05) is 0 Å². The van der Waals surface area contributed by atoms with E-state index in [1.165, 1.54) is 0 Å². The molecule has 2 atom stereocenters. The topological polar surface area (TPSA) is 118 Å². The van der Waals surface area contributed by atoms with Gasteiger partial charge in [-0.3, -0.25) is 10.4 Å². The highest BCUT2D eigenvalue weighted by Crippen LogP contribution is 2.44. The Morgan fingerprint density at radius 3 is 1.89 bits per heavy atom. The first-order valence-electron chi connectivity index (χ1n) is 5.31. The van der Waals surface area contributed by atoms with Crippen LogP contribution in [0.15, 0.2) is 12.1 Å². The van der Waals surface area contributed by atoms with Crippen molar-refractivity contribution in [1.82, 2.24) is 0 Å². The molecule has 2 saturated heterocycles. The van der Waals surface area contributed by atoms with Crippen molar-refractivity contribution in [2.24, 2.45) is 0 Å². The minimum absolute atomic E-state index is 0.0476. The third kappa shape index (κ3) is 2.01. The van der Waals surface area contributed by atoms with Gasteiger partial charge in [-0.25, -0.2) is 0 Å². The molecule has 0 bridgehead atoms. The lowest BCUT2D eigenvalue weighted by atomic mass is 10.0. The van der Waals surface area contributed by atoms with Gasteiger partial charge in [0.05, 0.1) is 13.2 Å². The number of benzene rings is 1. The highest BCUT2D eigenvalue weighted by molar-refractivity contribution is 5.68. The van der Waals surface area contributed by atoms with Crippen LogP contribution in [0.5, 0.6) is 0 Å². The average Bonchev–Trinajstić information content (AvgIpc) is 3.16. The first kappa shape index (κ1) is 11.7. The zero-order chi connectivity index (χ0) is 12.9. The monoisotopic (exact) mass is 254 g/mol. The fourth-order valence-electron chi connectivity index (χ4n) is 1.91. The molecule has 3 rings (SSSR count). The van der Waals surface area contributed by atoms with Gasteiger partial charge >= 0.3 is 0 Å². The minimum Gasteiger partial charge on any atom is -0.769 e. The number of hydrogen-bond acceptors (Lipinski definition) is 8. The van der Waals surface area contributed by atoms with Crippen molar-refractivity contribution in [2.45, 2.75) is 12.2 Å². The van der Waals surface area contributed by atoms with Gasteiger partial charge in [-0.1, -0.05) is 0 Å². The first-order valence-corrected chi connectivity index (χ1v) is 5.31. The second-order valence-corrected chi connectivity index (χ2v) is 4.16. The Morgan fingerprint density at radius 2 is 1.50 bits per heavy atom. The predicted octanol–water partition coefficient (Wildman–Crippen LogP) is 1.22. The lowest BCUT2D eigenvalue weighted by molar-refractivity contribution is 0.0285. The Kier molecular flexibility index (Phi) is 2.63. The van der Waals surface area contributed by atoms with E-state index in [4.69, 9.17) is 19.9 Å². The smallest absolute Gasteiger partial charge is 0.108 e. The van der Waals surface area contributed by atoms with Crippen LogP contribution in [-0.4, -0.2) is 23.6 Å². The summed E-state index contributed by atoms with van der Waals surface area (Å²) in [5.74, 6) is 0. The highest BCUT2D eigenvalue weighted by Gasteiger charge is 2.34. The van der Waals surface area contributed by atoms with Gasteiger partial charge in [0.15, 0.2) is 0 Å². The summed E-state index contributed by atoms with van der Waals surface area (Å²) in [4.78, 5) is 0. The Bertz CT molecular complexity index is 403. The fraction of sp³-hybridized carbons (Fsp3) is 0.400. The summed E-state index contributed by atoms with van der Waals surface area (Å²) < 4.78 is 10.1. The molecule has 98 valence electrons. The zero-order valence-corrected chi connectivity index (χ0v) is 9.15. The van der Waals surface area contributed by atoms with Crippen LogP contribution in [0.3, 0.4) is 0 Å². The van der Waals surface area contributed by atoms with Crippen LogP contribution in [0, 0.1) is 10.4 Å². The quantitative estimate of drug-likeness (QED) is 0.608. The first-order chi connectivity index (χ1) is 8.58. The summed E-state index contributed by atoms with van der Waals surface area (Å²) in [6, 6.07) is 2.66. The normalized spacial score (nSPS) is 24.9. The Balaban J connectivity index is 2.10. The minimum atomic E-state index is -0.568. The SMILES string of the molecule is [O-]N([O-])c1cc(N(O)O)c([C@H]2CO2)cc1[C@@H]1CO1. The van der Waals surface area contributed by atoms with E-state index in [0.717, 1.165) is 6.07 Å². The van der Waals surface area contributed by atoms with E-state index in [2.05, 4.69) is 0 Å². The summed E-state index contributed by atoms with van der Waals surface area (Å²) in [5, 5.41) is 39.5. The van der Waals surface area contributed by atoms with Crippen molar-refractivity contribution in [3.05, 3.63) is 33.7 Å². The molecule has 2 aliphatic heterocycles. The van der Waals surface area contributed by atoms with Crippen LogP contribution < -0.4 is 10.5 Å². The molecule has 0 unspecified atom stereocenters. The molecule has 2 N–H and O–H groups in total. The Hall–Kier alpha value is -1.42. The Morgan fingerprint density at radius 1 is 1.00 bits per heavy atom. The van der Waals surface area contributed by atoms with Crippen molar-refractivity contribution in [3.63, 3.8) is 0 Å². The molecule has 0 aliphatic carbocycles. The van der Waals surface area contributed by atoms with E-state index in [1.54, 1.807) is 6.07 Å². The highest BCUT2D eigenvalue weighted by atomic mass is 16.8. The fourth-order valence-corrected chi connectivity index (χ4v) is 1.91. The van der Waals surface area contributed by atoms with Crippen molar-refractivity contribution >= 4 is 11.4 Å². The summed E-state index contributed by atoms with van der Waals surface area (Å²) in [5.41, 5.74) is 0.714. The average molecular weight is 254 g/mol. The molecule has 8 nitrogen and oxygen atoms in total. The van der Waals surface area contributed by atoms with Crippen molar-refractivity contribution in [3.8, 4) is 0 Å². The number of epoxide rings is 2. The number of ether oxygens (including phenoxy) is 2. The molecule has 0 saturated carbocycles. The van der Waals surface area contributed by atoms with E-state index >= 15 is 0 Å². The molecular formula is C10H10N2O6-2. The maximum absolute atomic E-state index is 11.0. The molecule has 1 aromatic rings. The van der Waals surface area contributed by atoms with Gasteiger partial charge < -0.3 is 25.1 Å². The third-order valence-electron chi connectivity index (χ3n) is 2.95. The molecule has 2 aliphatic rings. The number of hydrogen-bond donors (Lipinski definition) is 2. The summed E-state index contributed by atoms with van der Waals surface area (Å²) >= 11 is 0. The number of rotatable bonds is 4. The maximum atomic E-state index is 11.0. The molecule has 0 amide bonds. The van der Waals surface area contributed by atoms with E-state index in [9.17, 15) is 10.4 Å². The van der Waals surface area contributed by atoms with E-state index in [-0.39, 0.29) is 28.8 Å². The molecule has 2 heterocycles. The summed E-state index contributed by atoms with van der Waals surface area (Å²) in [6.45, 7) is 0.900. The summed E-state index contributed by atoms with van der Waals surface area (Å²) in [6.07, 6.45) is -0.539. The van der Waals surface area contributed by atoms with Crippen LogP contribution in [0.2, 0.25) is 0 Å². The standard InChI is InChI=1S/C10H10N2O6/c13-11(14)7-2-8(12(15)16)6(10-4-18-10)1-5(7)9-3-17-9/h1-2,9-10,13-14H,3-4H2/q-2/t9-,10+/m1/s1. The van der Waals surface area contributed by atoms with E-state index in [0.29, 0.717) is 24.3 Å². The Labute approximate surface area is 102 Å². The molecule has 0 aromatic heterocycles. The molecule has 2 fully saturated rings. The van der Waals surface area contributed by atoms with Gasteiger partial charge in [0.1, 0.15) is 17.9 Å². The van der Waals surface area contributed by atoms with Crippen molar-refractivity contribution in [1.29, 1.82) is 0 Å². The predicted molar refractivity (Wildman–Crippen MR) is 59.1 cm³/mol. The molecule has 1 aromatic carbocycles. The van der Waals surface area contributed by atoms with Crippen molar-refractivity contribution in [2.75, 3.05) is 23.7 Å². The van der Waals surface area contributed by atoms with E-state index < -0.39 is 5.23 Å². The van der Waals surface area contributed by atoms with Gasteiger partial charge in [-0.2, -0.15) is 0 Å². The van der Waals surface area contributed by atoms with Gasteiger partial charge in [0.25, 0.3) is 0 Å².